The summed E-state index contributed by atoms with van der Waals surface area (Å²) in [7, 11) is 1.17. The highest BCUT2D eigenvalue weighted by molar-refractivity contribution is 5.93. The minimum absolute atomic E-state index is 0.0704. The highest BCUT2D eigenvalue weighted by Crippen LogP contribution is 2.35. The van der Waals surface area contributed by atoms with Gasteiger partial charge in [-0.3, -0.25) is 5.32 Å². The van der Waals surface area contributed by atoms with Crippen molar-refractivity contribution in [3.63, 3.8) is 0 Å². The van der Waals surface area contributed by atoms with Gasteiger partial charge in [-0.05, 0) is 11.6 Å². The lowest BCUT2D eigenvalue weighted by Gasteiger charge is -2.16. The molecule has 0 amide bonds. The van der Waals surface area contributed by atoms with Gasteiger partial charge in [0, 0.05) is 12.1 Å². The van der Waals surface area contributed by atoms with Crippen LogP contribution in [0.1, 0.15) is 27.7 Å². The Kier molecular flexibility index (Phi) is 4.98. The molecule has 22 heavy (non-hydrogen) atoms. The number of hydrogen-bond acceptors (Lipinski definition) is 6. The van der Waals surface area contributed by atoms with Gasteiger partial charge in [0.25, 0.3) is 0 Å². The third-order valence-corrected chi connectivity index (χ3v) is 3.22. The van der Waals surface area contributed by atoms with E-state index in [9.17, 15) is 20.1 Å². The molecule has 0 aliphatic heterocycles. The van der Waals surface area contributed by atoms with Crippen molar-refractivity contribution < 1.29 is 24.9 Å². The number of aliphatic hydroxyl groups is 1. The van der Waals surface area contributed by atoms with Crippen LogP contribution >= 0.6 is 0 Å². The number of methoxy groups -OCH3 is 1. The van der Waals surface area contributed by atoms with Crippen LogP contribution in [0, 0.1) is 0 Å². The third-order valence-electron chi connectivity index (χ3n) is 3.22. The number of carbonyl (C=O) groups excluding carboxylic acids is 1. The molecule has 0 saturated heterocycles. The molecule has 6 nitrogen and oxygen atoms in total. The van der Waals surface area contributed by atoms with Crippen molar-refractivity contribution in [1.82, 2.24) is 5.32 Å². The minimum Gasteiger partial charge on any atom is -0.504 e. The van der Waals surface area contributed by atoms with Crippen LogP contribution in [0.3, 0.4) is 0 Å². The first-order chi connectivity index (χ1) is 10.5. The molecule has 0 radical (unpaired) electrons. The molecule has 1 atom stereocenters. The first-order valence-corrected chi connectivity index (χ1v) is 6.63. The smallest absolute Gasteiger partial charge is 0.341 e. The van der Waals surface area contributed by atoms with Gasteiger partial charge < -0.3 is 20.1 Å². The lowest BCUT2D eigenvalue weighted by atomic mass is 10.1. The Morgan fingerprint density at radius 1 is 1.14 bits per heavy atom. The zero-order valence-corrected chi connectivity index (χ0v) is 12.0. The summed E-state index contributed by atoms with van der Waals surface area (Å²) in [6, 6.07) is 12.0. The van der Waals surface area contributed by atoms with Crippen molar-refractivity contribution in [2.24, 2.45) is 0 Å². The molecule has 6 heteroatoms. The summed E-state index contributed by atoms with van der Waals surface area (Å²) < 4.78 is 4.49. The maximum atomic E-state index is 11.4. The van der Waals surface area contributed by atoms with Crippen LogP contribution in [0.2, 0.25) is 0 Å². The molecule has 0 aromatic heterocycles. The third kappa shape index (κ3) is 3.36. The van der Waals surface area contributed by atoms with Crippen molar-refractivity contribution in [3.05, 3.63) is 59.2 Å². The average Bonchev–Trinajstić information content (AvgIpc) is 2.55. The number of nitrogens with one attached hydrogen (secondary N) is 1. The van der Waals surface area contributed by atoms with Gasteiger partial charge in [-0.2, -0.15) is 0 Å². The van der Waals surface area contributed by atoms with Gasteiger partial charge in [0.05, 0.1) is 7.11 Å². The largest absolute Gasteiger partial charge is 0.504 e. The number of carbonyl (C=O) groups is 1. The van der Waals surface area contributed by atoms with Crippen LogP contribution in [0.15, 0.2) is 42.5 Å². The fraction of sp³-hybridized carbons (Fsp3) is 0.188. The predicted molar refractivity (Wildman–Crippen MR) is 79.4 cm³/mol. The Labute approximate surface area is 127 Å². The summed E-state index contributed by atoms with van der Waals surface area (Å²) in [6.45, 7) is 0.376. The molecule has 0 spiro atoms. The number of aromatic hydroxyl groups is 2. The first-order valence-electron chi connectivity index (χ1n) is 6.63. The molecule has 0 saturated carbocycles. The van der Waals surface area contributed by atoms with E-state index in [1.165, 1.54) is 19.2 Å². The highest BCUT2D eigenvalue weighted by Gasteiger charge is 2.21. The van der Waals surface area contributed by atoms with E-state index in [1.54, 1.807) is 0 Å². The van der Waals surface area contributed by atoms with Crippen LogP contribution in [0.5, 0.6) is 11.5 Å². The number of benzene rings is 2. The predicted octanol–water partition coefficient (Wildman–Crippen LogP) is 1.67. The molecule has 0 heterocycles. The van der Waals surface area contributed by atoms with Crippen molar-refractivity contribution in [3.8, 4) is 11.5 Å². The topological polar surface area (TPSA) is 99.0 Å². The molecule has 116 valence electrons. The Hall–Kier alpha value is -2.57. The second-order valence-corrected chi connectivity index (χ2v) is 4.66. The quantitative estimate of drug-likeness (QED) is 0.381. The van der Waals surface area contributed by atoms with Gasteiger partial charge in [0.1, 0.15) is 11.8 Å². The lowest BCUT2D eigenvalue weighted by molar-refractivity contribution is 0.0596. The maximum absolute atomic E-state index is 11.4. The Morgan fingerprint density at radius 3 is 2.45 bits per heavy atom. The van der Waals surface area contributed by atoms with Crippen molar-refractivity contribution in [2.45, 2.75) is 12.8 Å². The van der Waals surface area contributed by atoms with Crippen molar-refractivity contribution >= 4 is 5.97 Å². The summed E-state index contributed by atoms with van der Waals surface area (Å²) in [5.74, 6) is -1.95. The van der Waals surface area contributed by atoms with Crippen molar-refractivity contribution in [2.75, 3.05) is 7.11 Å². The minimum atomic E-state index is -1.20. The molecule has 1 unspecified atom stereocenters. The molecule has 2 rings (SSSR count). The summed E-state index contributed by atoms with van der Waals surface area (Å²) in [4.78, 5) is 11.4. The Morgan fingerprint density at radius 2 is 1.82 bits per heavy atom. The van der Waals surface area contributed by atoms with Gasteiger partial charge in [-0.15, -0.1) is 0 Å². The van der Waals surface area contributed by atoms with E-state index >= 15 is 0 Å². The van der Waals surface area contributed by atoms with Gasteiger partial charge in [-0.1, -0.05) is 36.4 Å². The first kappa shape index (κ1) is 15.8. The molecular weight excluding hydrogens is 286 g/mol. The van der Waals surface area contributed by atoms with E-state index in [0.29, 0.717) is 6.54 Å². The molecule has 2 aromatic rings. The van der Waals surface area contributed by atoms with Crippen LogP contribution in [0.4, 0.5) is 0 Å². The monoisotopic (exact) mass is 303 g/mol. The number of ether oxygens (including phenoxy) is 1. The summed E-state index contributed by atoms with van der Waals surface area (Å²) in [5, 5.41) is 32.6. The highest BCUT2D eigenvalue weighted by atomic mass is 16.5. The van der Waals surface area contributed by atoms with Gasteiger partial charge in [0.15, 0.2) is 11.5 Å². The Bertz CT molecular complexity index is 657. The van der Waals surface area contributed by atoms with E-state index < -0.39 is 23.7 Å². The summed E-state index contributed by atoms with van der Waals surface area (Å²) in [5.41, 5.74) is 0.858. The number of phenols is 2. The molecule has 2 aromatic carbocycles. The van der Waals surface area contributed by atoms with Gasteiger partial charge >= 0.3 is 5.97 Å². The fourth-order valence-electron chi connectivity index (χ4n) is 2.01. The molecule has 0 aliphatic carbocycles. The van der Waals surface area contributed by atoms with Crippen LogP contribution in [-0.2, 0) is 11.3 Å². The van der Waals surface area contributed by atoms with Crippen LogP contribution in [-0.4, -0.2) is 28.4 Å². The van der Waals surface area contributed by atoms with E-state index in [4.69, 9.17) is 0 Å². The zero-order valence-electron chi connectivity index (χ0n) is 12.0. The van der Waals surface area contributed by atoms with Crippen LogP contribution < -0.4 is 5.32 Å². The fourth-order valence-corrected chi connectivity index (χ4v) is 2.01. The van der Waals surface area contributed by atoms with E-state index in [1.807, 2.05) is 30.3 Å². The molecule has 0 bridgehead atoms. The molecule has 4 N–H and O–H groups in total. The molecule has 0 fully saturated rings. The molecular formula is C16H17NO5. The van der Waals surface area contributed by atoms with E-state index in [0.717, 1.165) is 5.56 Å². The SMILES string of the molecule is COC(=O)c1ccc(C(O)NCc2ccccc2)c(O)c1O. The van der Waals surface area contributed by atoms with Gasteiger partial charge in [0.2, 0.25) is 0 Å². The van der Waals surface area contributed by atoms with E-state index in [2.05, 4.69) is 10.1 Å². The number of phenolic OH excluding ortho intramolecular Hbond substituents is 2. The molecule has 0 aliphatic rings. The van der Waals surface area contributed by atoms with E-state index in [-0.39, 0.29) is 11.1 Å². The second-order valence-electron chi connectivity index (χ2n) is 4.66. The average molecular weight is 303 g/mol. The summed E-state index contributed by atoms with van der Waals surface area (Å²) in [6.07, 6.45) is -1.20. The van der Waals surface area contributed by atoms with Crippen molar-refractivity contribution in [1.29, 1.82) is 0 Å². The van der Waals surface area contributed by atoms with Gasteiger partial charge in [-0.25, -0.2) is 4.79 Å². The number of esters is 1. The van der Waals surface area contributed by atoms with Crippen LogP contribution in [0.25, 0.3) is 0 Å². The standard InChI is InChI=1S/C16H17NO5/c1-22-16(21)12-8-7-11(13(18)14(12)19)15(20)17-9-10-5-3-2-4-6-10/h2-8,15,17-20H,9H2,1H3. The Balaban J connectivity index is 2.15. The normalized spacial score (nSPS) is 11.9. The number of aliphatic hydroxyl groups excluding tert-OH is 1. The zero-order chi connectivity index (χ0) is 16.1. The maximum Gasteiger partial charge on any atom is 0.341 e. The summed E-state index contributed by atoms with van der Waals surface area (Å²) >= 11 is 0. The number of hydrogen-bond donors (Lipinski definition) is 4. The second kappa shape index (κ2) is 6.93. The number of rotatable bonds is 5. The lowest BCUT2D eigenvalue weighted by Crippen LogP contribution is -2.20.